The number of nitrogens with one attached hydrogen (secondary N) is 1. The quantitative estimate of drug-likeness (QED) is 0.892. The van der Waals surface area contributed by atoms with Crippen LogP contribution >= 0.6 is 0 Å². The molecule has 0 aliphatic heterocycles. The van der Waals surface area contributed by atoms with Crippen molar-refractivity contribution in [2.45, 2.75) is 31.3 Å². The lowest BCUT2D eigenvalue weighted by Crippen LogP contribution is -2.16. The fourth-order valence-corrected chi connectivity index (χ4v) is 3.51. The Balaban J connectivity index is 2.43. The summed E-state index contributed by atoms with van der Waals surface area (Å²) >= 11 is 0. The molecule has 0 fully saturated rings. The summed E-state index contributed by atoms with van der Waals surface area (Å²) in [5, 5.41) is 9.30. The highest BCUT2D eigenvalue weighted by Crippen LogP contribution is 2.27. The van der Waals surface area contributed by atoms with Gasteiger partial charge in [0.05, 0.1) is 17.2 Å². The lowest BCUT2D eigenvalue weighted by molar-refractivity contribution is 0.278. The number of rotatable bonds is 5. The second-order valence-corrected chi connectivity index (χ2v) is 6.76. The van der Waals surface area contributed by atoms with Gasteiger partial charge in [-0.1, -0.05) is 50.2 Å². The Hall–Kier alpha value is -1.85. The van der Waals surface area contributed by atoms with E-state index in [1.165, 1.54) is 6.07 Å². The highest BCUT2D eigenvalue weighted by Gasteiger charge is 2.19. The first kappa shape index (κ1) is 15.5. The van der Waals surface area contributed by atoms with Crippen LogP contribution in [0.25, 0.3) is 0 Å². The number of sulfonamides is 1. The van der Waals surface area contributed by atoms with E-state index in [0.717, 1.165) is 5.56 Å². The van der Waals surface area contributed by atoms with Crippen LogP contribution in [0.2, 0.25) is 0 Å². The van der Waals surface area contributed by atoms with Crippen LogP contribution in [0.4, 0.5) is 5.69 Å². The fourth-order valence-electron chi connectivity index (χ4n) is 2.19. The van der Waals surface area contributed by atoms with Crippen molar-refractivity contribution in [2.24, 2.45) is 0 Å². The van der Waals surface area contributed by atoms with E-state index in [2.05, 4.69) is 4.72 Å². The van der Waals surface area contributed by atoms with E-state index in [0.29, 0.717) is 11.3 Å². The van der Waals surface area contributed by atoms with Crippen LogP contribution in [-0.4, -0.2) is 13.5 Å². The van der Waals surface area contributed by atoms with Crippen LogP contribution in [0.5, 0.6) is 0 Å². The molecule has 0 aliphatic rings. The summed E-state index contributed by atoms with van der Waals surface area (Å²) in [6.07, 6.45) is 0. The average molecular weight is 305 g/mol. The summed E-state index contributed by atoms with van der Waals surface area (Å²) in [4.78, 5) is 0.103. The van der Waals surface area contributed by atoms with Gasteiger partial charge < -0.3 is 5.11 Å². The lowest BCUT2D eigenvalue weighted by atomic mass is 10.0. The predicted octanol–water partition coefficient (Wildman–Crippen LogP) is 3.10. The summed E-state index contributed by atoms with van der Waals surface area (Å²) in [7, 11) is -3.72. The van der Waals surface area contributed by atoms with Crippen LogP contribution in [0, 0.1) is 0 Å². The highest BCUT2D eigenvalue weighted by molar-refractivity contribution is 7.92. The van der Waals surface area contributed by atoms with Crippen molar-refractivity contribution in [1.29, 1.82) is 0 Å². The average Bonchev–Trinajstić information content (AvgIpc) is 2.47. The second kappa shape index (κ2) is 6.28. The van der Waals surface area contributed by atoms with Gasteiger partial charge in [-0.25, -0.2) is 8.42 Å². The van der Waals surface area contributed by atoms with Gasteiger partial charge in [0, 0.05) is 0 Å². The molecule has 0 amide bonds. The van der Waals surface area contributed by atoms with Crippen molar-refractivity contribution >= 4 is 15.7 Å². The second-order valence-electron chi connectivity index (χ2n) is 5.11. The largest absolute Gasteiger partial charge is 0.392 e. The molecule has 2 N–H and O–H groups in total. The predicted molar refractivity (Wildman–Crippen MR) is 83.7 cm³/mol. The fraction of sp³-hybridized carbons (Fsp3) is 0.250. The van der Waals surface area contributed by atoms with Gasteiger partial charge in [0.15, 0.2) is 0 Å². The van der Waals surface area contributed by atoms with E-state index in [4.69, 9.17) is 0 Å². The number of aliphatic hydroxyl groups excluding tert-OH is 1. The number of benzene rings is 2. The zero-order valence-electron chi connectivity index (χ0n) is 12.1. The molecule has 0 heterocycles. The van der Waals surface area contributed by atoms with Crippen molar-refractivity contribution in [3.8, 4) is 0 Å². The molecule has 4 nitrogen and oxygen atoms in total. The Bertz CT molecular complexity index is 724. The summed E-state index contributed by atoms with van der Waals surface area (Å²) in [6.45, 7) is 3.70. The molecule has 2 aromatic carbocycles. The molecule has 21 heavy (non-hydrogen) atoms. The zero-order chi connectivity index (χ0) is 15.5. The van der Waals surface area contributed by atoms with Gasteiger partial charge in [0.2, 0.25) is 0 Å². The minimum Gasteiger partial charge on any atom is -0.392 e. The molecular weight excluding hydrogens is 286 g/mol. The third-order valence-corrected chi connectivity index (χ3v) is 4.73. The molecule has 0 atom stereocenters. The number of hydrogen-bond donors (Lipinski definition) is 2. The van der Waals surface area contributed by atoms with Crippen LogP contribution < -0.4 is 4.72 Å². The van der Waals surface area contributed by atoms with Gasteiger partial charge in [0.25, 0.3) is 10.0 Å². The molecule has 0 bridgehead atoms. The van der Waals surface area contributed by atoms with Gasteiger partial charge in [-0.2, -0.15) is 0 Å². The number of para-hydroxylation sites is 1. The molecule has 112 valence electrons. The van der Waals surface area contributed by atoms with Gasteiger partial charge in [-0.05, 0) is 29.2 Å². The molecule has 0 spiro atoms. The first-order valence-electron chi connectivity index (χ1n) is 6.76. The summed E-state index contributed by atoms with van der Waals surface area (Å²) < 4.78 is 27.7. The zero-order valence-corrected chi connectivity index (χ0v) is 12.9. The number of anilines is 1. The molecule has 0 unspecified atom stereocenters. The van der Waals surface area contributed by atoms with E-state index >= 15 is 0 Å². The summed E-state index contributed by atoms with van der Waals surface area (Å²) in [6, 6.07) is 13.8. The molecule has 0 radical (unpaired) electrons. The van der Waals surface area contributed by atoms with Crippen molar-refractivity contribution in [2.75, 3.05) is 4.72 Å². The first-order valence-corrected chi connectivity index (χ1v) is 8.24. The first-order chi connectivity index (χ1) is 9.95. The summed E-state index contributed by atoms with van der Waals surface area (Å²) in [5.41, 5.74) is 1.88. The number of aliphatic hydroxyl groups is 1. The maximum atomic E-state index is 12.5. The maximum absolute atomic E-state index is 12.5. The third-order valence-electron chi connectivity index (χ3n) is 3.26. The molecule has 0 aliphatic carbocycles. The number of hydrogen-bond acceptors (Lipinski definition) is 3. The molecule has 0 saturated heterocycles. The minimum atomic E-state index is -3.72. The Morgan fingerprint density at radius 3 is 2.33 bits per heavy atom. The Morgan fingerprint density at radius 2 is 1.67 bits per heavy atom. The van der Waals surface area contributed by atoms with Crippen LogP contribution in [-0.2, 0) is 16.6 Å². The van der Waals surface area contributed by atoms with E-state index in [9.17, 15) is 13.5 Å². The monoisotopic (exact) mass is 305 g/mol. The van der Waals surface area contributed by atoms with E-state index in [1.54, 1.807) is 30.3 Å². The summed E-state index contributed by atoms with van der Waals surface area (Å²) in [5.74, 6) is 0.206. The Morgan fingerprint density at radius 1 is 1.05 bits per heavy atom. The Labute approximate surface area is 125 Å². The molecule has 2 aromatic rings. The van der Waals surface area contributed by atoms with Crippen molar-refractivity contribution < 1.29 is 13.5 Å². The van der Waals surface area contributed by atoms with Crippen molar-refractivity contribution in [3.63, 3.8) is 0 Å². The van der Waals surface area contributed by atoms with E-state index in [1.807, 2.05) is 26.0 Å². The van der Waals surface area contributed by atoms with Crippen LogP contribution in [0.3, 0.4) is 0 Å². The normalized spacial score (nSPS) is 11.6. The van der Waals surface area contributed by atoms with Gasteiger partial charge >= 0.3 is 0 Å². The van der Waals surface area contributed by atoms with Gasteiger partial charge in [-0.3, -0.25) is 4.72 Å². The standard InChI is InChI=1S/C16H19NO3S/c1-12(2)14-8-4-5-9-15(14)17-21(19,20)16-10-6-3-7-13(16)11-18/h3-10,12,17-18H,11H2,1-2H3. The van der Waals surface area contributed by atoms with E-state index < -0.39 is 10.0 Å². The van der Waals surface area contributed by atoms with Crippen molar-refractivity contribution in [3.05, 3.63) is 59.7 Å². The Kier molecular flexibility index (Phi) is 4.65. The molecule has 0 saturated carbocycles. The third kappa shape index (κ3) is 3.43. The smallest absolute Gasteiger partial charge is 0.262 e. The maximum Gasteiger partial charge on any atom is 0.262 e. The molecule has 5 heteroatoms. The minimum absolute atomic E-state index is 0.103. The van der Waals surface area contributed by atoms with Gasteiger partial charge in [0.1, 0.15) is 0 Å². The lowest BCUT2D eigenvalue weighted by Gasteiger charge is -2.16. The molecular formula is C16H19NO3S. The molecule has 2 rings (SSSR count). The molecule has 0 aromatic heterocycles. The van der Waals surface area contributed by atoms with Crippen LogP contribution in [0.15, 0.2) is 53.4 Å². The van der Waals surface area contributed by atoms with Crippen molar-refractivity contribution in [1.82, 2.24) is 0 Å². The van der Waals surface area contributed by atoms with E-state index in [-0.39, 0.29) is 17.4 Å². The topological polar surface area (TPSA) is 66.4 Å². The van der Waals surface area contributed by atoms with Gasteiger partial charge in [-0.15, -0.1) is 0 Å². The highest BCUT2D eigenvalue weighted by atomic mass is 32.2. The SMILES string of the molecule is CC(C)c1ccccc1NS(=O)(=O)c1ccccc1CO. The van der Waals surface area contributed by atoms with Crippen LogP contribution in [0.1, 0.15) is 30.9 Å².